The summed E-state index contributed by atoms with van der Waals surface area (Å²) < 4.78 is 31.9. The second kappa shape index (κ2) is 8.06. The molecule has 2 rings (SSSR count). The van der Waals surface area contributed by atoms with Gasteiger partial charge in [-0.15, -0.1) is 0 Å². The quantitative estimate of drug-likeness (QED) is 0.614. The number of benzene rings is 1. The van der Waals surface area contributed by atoms with E-state index in [0.717, 1.165) is 0 Å². The molecule has 0 fully saturated rings. The molecule has 1 aromatic heterocycles. The average molecular weight is 381 g/mol. The van der Waals surface area contributed by atoms with Gasteiger partial charge in [0.2, 0.25) is 15.9 Å². The number of aromatic nitrogens is 2. The van der Waals surface area contributed by atoms with Crippen LogP contribution in [-0.4, -0.2) is 43.5 Å². The number of nitrogens with zero attached hydrogens (tertiary/aromatic N) is 2. The smallest absolute Gasteiger partial charge is 0.292 e. The SMILES string of the molecule is CNC(=O)c1noc(CNS(=O)(=O)c2cccc(C(=O)NC(C)C)c2)n1. The first kappa shape index (κ1) is 19.5. The van der Waals surface area contributed by atoms with Crippen molar-refractivity contribution >= 4 is 21.8 Å². The third-order valence-electron chi connectivity index (χ3n) is 3.14. The molecule has 0 atom stereocenters. The topological polar surface area (TPSA) is 143 Å². The molecule has 0 unspecified atom stereocenters. The van der Waals surface area contributed by atoms with Crippen LogP contribution >= 0.6 is 0 Å². The molecular formula is C15H19N5O5S. The number of hydrogen-bond acceptors (Lipinski definition) is 7. The Morgan fingerprint density at radius 1 is 1.23 bits per heavy atom. The van der Waals surface area contributed by atoms with E-state index in [-0.39, 0.29) is 40.7 Å². The molecule has 140 valence electrons. The van der Waals surface area contributed by atoms with Gasteiger partial charge in [0.25, 0.3) is 17.6 Å². The Morgan fingerprint density at radius 2 is 1.96 bits per heavy atom. The van der Waals surface area contributed by atoms with Gasteiger partial charge in [-0.05, 0) is 32.0 Å². The Bertz CT molecular complexity index is 907. The lowest BCUT2D eigenvalue weighted by Gasteiger charge is -2.10. The van der Waals surface area contributed by atoms with Crippen molar-refractivity contribution in [3.8, 4) is 0 Å². The second-order valence-electron chi connectivity index (χ2n) is 5.57. The minimum Gasteiger partial charge on any atom is -0.352 e. The van der Waals surface area contributed by atoms with Crippen molar-refractivity contribution in [2.75, 3.05) is 7.05 Å². The minimum atomic E-state index is -3.92. The fourth-order valence-electron chi connectivity index (χ4n) is 1.92. The van der Waals surface area contributed by atoms with Gasteiger partial charge in [-0.3, -0.25) is 9.59 Å². The highest BCUT2D eigenvalue weighted by molar-refractivity contribution is 7.89. The van der Waals surface area contributed by atoms with Crippen LogP contribution in [0.25, 0.3) is 0 Å². The van der Waals surface area contributed by atoms with E-state index in [9.17, 15) is 18.0 Å². The third kappa shape index (κ3) is 4.86. The van der Waals surface area contributed by atoms with E-state index in [1.807, 2.05) is 0 Å². The summed E-state index contributed by atoms with van der Waals surface area (Å²) in [5.41, 5.74) is 0.223. The van der Waals surface area contributed by atoms with Gasteiger partial charge in [0.1, 0.15) is 0 Å². The predicted octanol–water partition coefficient (Wildman–Crippen LogP) is 0.0459. The number of amides is 2. The first-order valence-electron chi connectivity index (χ1n) is 7.68. The molecule has 0 bridgehead atoms. The summed E-state index contributed by atoms with van der Waals surface area (Å²) in [7, 11) is -2.51. The molecule has 0 saturated carbocycles. The predicted molar refractivity (Wildman–Crippen MR) is 90.8 cm³/mol. The van der Waals surface area contributed by atoms with Gasteiger partial charge in [0.15, 0.2) is 0 Å². The lowest BCUT2D eigenvalue weighted by molar-refractivity contribution is 0.0937. The molecule has 3 N–H and O–H groups in total. The van der Waals surface area contributed by atoms with E-state index in [1.165, 1.54) is 31.3 Å². The van der Waals surface area contributed by atoms with Crippen LogP contribution in [0.1, 0.15) is 40.7 Å². The summed E-state index contributed by atoms with van der Waals surface area (Å²) in [4.78, 5) is 27.1. The average Bonchev–Trinajstić information content (AvgIpc) is 3.08. The van der Waals surface area contributed by atoms with E-state index < -0.39 is 15.9 Å². The molecule has 0 aliphatic rings. The molecule has 26 heavy (non-hydrogen) atoms. The fourth-order valence-corrected chi connectivity index (χ4v) is 2.94. The summed E-state index contributed by atoms with van der Waals surface area (Å²) in [5, 5.41) is 8.45. The summed E-state index contributed by atoms with van der Waals surface area (Å²) in [6.07, 6.45) is 0. The molecule has 10 nitrogen and oxygen atoms in total. The Labute approximate surface area is 150 Å². The standard InChI is InChI=1S/C15H19N5O5S/c1-9(2)18-14(21)10-5-4-6-11(7-10)26(23,24)17-8-12-19-13(20-25-12)15(22)16-3/h4-7,9,17H,8H2,1-3H3,(H,16,22)(H,18,21). The molecule has 0 aliphatic heterocycles. The molecule has 11 heteroatoms. The van der Waals surface area contributed by atoms with Gasteiger partial charge in [-0.25, -0.2) is 13.1 Å². The van der Waals surface area contributed by atoms with Gasteiger partial charge >= 0.3 is 0 Å². The molecule has 0 saturated heterocycles. The monoisotopic (exact) mass is 381 g/mol. The van der Waals surface area contributed by atoms with Gasteiger partial charge in [0, 0.05) is 18.7 Å². The zero-order valence-electron chi connectivity index (χ0n) is 14.4. The van der Waals surface area contributed by atoms with Crippen molar-refractivity contribution < 1.29 is 22.5 Å². The maximum Gasteiger partial charge on any atom is 0.292 e. The van der Waals surface area contributed by atoms with E-state index in [4.69, 9.17) is 4.52 Å². The molecule has 0 spiro atoms. The summed E-state index contributed by atoms with van der Waals surface area (Å²) in [6, 6.07) is 5.54. The van der Waals surface area contributed by atoms with E-state index in [2.05, 4.69) is 25.5 Å². The highest BCUT2D eigenvalue weighted by atomic mass is 32.2. The van der Waals surface area contributed by atoms with Crippen molar-refractivity contribution in [1.29, 1.82) is 0 Å². The number of carbonyl (C=O) groups is 2. The van der Waals surface area contributed by atoms with Crippen LogP contribution in [0.4, 0.5) is 0 Å². The number of sulfonamides is 1. The summed E-state index contributed by atoms with van der Waals surface area (Å²) in [5.74, 6) is -1.19. The van der Waals surface area contributed by atoms with Crippen LogP contribution in [-0.2, 0) is 16.6 Å². The van der Waals surface area contributed by atoms with Crippen LogP contribution in [0, 0.1) is 0 Å². The Hall–Kier alpha value is -2.79. The highest BCUT2D eigenvalue weighted by Crippen LogP contribution is 2.12. The zero-order valence-corrected chi connectivity index (χ0v) is 15.3. The van der Waals surface area contributed by atoms with E-state index in [1.54, 1.807) is 13.8 Å². The molecule has 1 heterocycles. The zero-order chi connectivity index (χ0) is 19.3. The van der Waals surface area contributed by atoms with E-state index >= 15 is 0 Å². The Kier molecular flexibility index (Phi) is 6.05. The first-order valence-corrected chi connectivity index (χ1v) is 9.16. The van der Waals surface area contributed by atoms with Crippen LogP contribution in [0.15, 0.2) is 33.7 Å². The fraction of sp³-hybridized carbons (Fsp3) is 0.333. The maximum atomic E-state index is 12.4. The van der Waals surface area contributed by atoms with Crippen LogP contribution in [0.5, 0.6) is 0 Å². The van der Waals surface area contributed by atoms with E-state index in [0.29, 0.717) is 0 Å². The lowest BCUT2D eigenvalue weighted by atomic mass is 10.2. The van der Waals surface area contributed by atoms with Crippen molar-refractivity contribution in [2.45, 2.75) is 31.3 Å². The second-order valence-corrected chi connectivity index (χ2v) is 7.34. The number of nitrogens with one attached hydrogen (secondary N) is 3. The van der Waals surface area contributed by atoms with Gasteiger partial charge in [-0.2, -0.15) is 4.98 Å². The molecular weight excluding hydrogens is 362 g/mol. The summed E-state index contributed by atoms with van der Waals surface area (Å²) >= 11 is 0. The van der Waals surface area contributed by atoms with Crippen molar-refractivity contribution in [2.24, 2.45) is 0 Å². The van der Waals surface area contributed by atoms with Crippen molar-refractivity contribution in [3.05, 3.63) is 41.5 Å². The molecule has 2 amide bonds. The highest BCUT2D eigenvalue weighted by Gasteiger charge is 2.19. The number of carbonyl (C=O) groups excluding carboxylic acids is 2. The molecule has 0 aliphatic carbocycles. The Balaban J connectivity index is 2.11. The molecule has 0 radical (unpaired) electrons. The normalized spacial score (nSPS) is 11.4. The third-order valence-corrected chi connectivity index (χ3v) is 4.54. The molecule has 2 aromatic rings. The number of rotatable bonds is 7. The largest absolute Gasteiger partial charge is 0.352 e. The van der Waals surface area contributed by atoms with Crippen LogP contribution in [0.2, 0.25) is 0 Å². The van der Waals surface area contributed by atoms with Crippen LogP contribution in [0.3, 0.4) is 0 Å². The first-order chi connectivity index (χ1) is 12.2. The van der Waals surface area contributed by atoms with Crippen molar-refractivity contribution in [3.63, 3.8) is 0 Å². The Morgan fingerprint density at radius 3 is 2.62 bits per heavy atom. The van der Waals surface area contributed by atoms with Gasteiger partial charge in [-0.1, -0.05) is 11.2 Å². The number of hydrogen-bond donors (Lipinski definition) is 3. The summed E-state index contributed by atoms with van der Waals surface area (Å²) in [6.45, 7) is 3.31. The lowest BCUT2D eigenvalue weighted by Crippen LogP contribution is -2.30. The van der Waals surface area contributed by atoms with Crippen LogP contribution < -0.4 is 15.4 Å². The van der Waals surface area contributed by atoms with Gasteiger partial charge in [0.05, 0.1) is 11.4 Å². The molecule has 1 aromatic carbocycles. The minimum absolute atomic E-state index is 0.0686. The maximum absolute atomic E-state index is 12.4. The van der Waals surface area contributed by atoms with Crippen molar-refractivity contribution in [1.82, 2.24) is 25.5 Å². The van der Waals surface area contributed by atoms with Gasteiger partial charge < -0.3 is 15.2 Å².